The van der Waals surface area contributed by atoms with Gasteiger partial charge in [-0.25, -0.2) is 9.59 Å². The van der Waals surface area contributed by atoms with Gasteiger partial charge in [-0.15, -0.1) is 0 Å². The van der Waals surface area contributed by atoms with Crippen LogP contribution in [0.5, 0.6) is 11.5 Å². The fourth-order valence-corrected chi connectivity index (χ4v) is 3.64. The van der Waals surface area contributed by atoms with Gasteiger partial charge in [-0.3, -0.25) is 0 Å². The molecule has 1 N–H and O–H groups in total. The summed E-state index contributed by atoms with van der Waals surface area (Å²) >= 11 is 0. The average molecular weight is 541 g/mol. The number of unbranched alkanes of at least 4 members (excludes halogenated alkanes) is 3. The molecule has 208 valence electrons. The monoisotopic (exact) mass is 540 g/mol. The van der Waals surface area contributed by atoms with Crippen LogP contribution in [0.4, 0.5) is 0 Å². The van der Waals surface area contributed by atoms with Crippen molar-refractivity contribution in [2.24, 2.45) is 0 Å². The van der Waals surface area contributed by atoms with E-state index in [0.29, 0.717) is 24.5 Å². The van der Waals surface area contributed by atoms with E-state index >= 15 is 0 Å². The van der Waals surface area contributed by atoms with Crippen LogP contribution in [0.15, 0.2) is 97.1 Å². The third kappa shape index (κ3) is 10.0. The molecule has 40 heavy (non-hydrogen) atoms. The summed E-state index contributed by atoms with van der Waals surface area (Å²) in [5.41, 5.74) is 4.72. The van der Waals surface area contributed by atoms with Gasteiger partial charge in [0.2, 0.25) is 0 Å². The van der Waals surface area contributed by atoms with Gasteiger partial charge in [-0.1, -0.05) is 73.8 Å². The molecule has 0 bridgehead atoms. The molecule has 0 atom stereocenters. The number of ether oxygens (including phenoxy) is 3. The number of carbonyl (C=O) groups is 2. The predicted molar refractivity (Wildman–Crippen MR) is 159 cm³/mol. The van der Waals surface area contributed by atoms with Gasteiger partial charge in [0.15, 0.2) is 0 Å². The summed E-state index contributed by atoms with van der Waals surface area (Å²) in [7, 11) is 0. The lowest BCUT2D eigenvalue weighted by atomic mass is 10.0. The second-order valence-corrected chi connectivity index (χ2v) is 9.38. The fraction of sp³-hybridized carbons (Fsp3) is 0.235. The Bertz CT molecular complexity index is 1300. The average Bonchev–Trinajstić information content (AvgIpc) is 2.98. The van der Waals surface area contributed by atoms with Crippen molar-refractivity contribution in [3.63, 3.8) is 0 Å². The van der Waals surface area contributed by atoms with Gasteiger partial charge in [0, 0.05) is 5.57 Å². The molecule has 0 saturated carbocycles. The summed E-state index contributed by atoms with van der Waals surface area (Å²) in [6.07, 6.45) is 7.74. The lowest BCUT2D eigenvalue weighted by molar-refractivity contribution is -0.139. The Hall–Kier alpha value is -4.42. The summed E-state index contributed by atoms with van der Waals surface area (Å²) in [6, 6.07) is 23.6. The van der Waals surface area contributed by atoms with E-state index in [1.54, 1.807) is 19.1 Å². The van der Waals surface area contributed by atoms with Crippen molar-refractivity contribution in [2.45, 2.75) is 32.6 Å². The van der Waals surface area contributed by atoms with Crippen LogP contribution in [-0.2, 0) is 14.3 Å². The Balaban J connectivity index is 1.38. The van der Waals surface area contributed by atoms with Crippen LogP contribution in [-0.4, -0.2) is 36.9 Å². The fourth-order valence-electron chi connectivity index (χ4n) is 3.64. The highest BCUT2D eigenvalue weighted by atomic mass is 16.5. The third-order valence-corrected chi connectivity index (χ3v) is 6.03. The first-order chi connectivity index (χ1) is 19.4. The van der Waals surface area contributed by atoms with E-state index in [1.165, 1.54) is 0 Å². The maximum absolute atomic E-state index is 11.7. The highest BCUT2D eigenvalue weighted by molar-refractivity contribution is 5.89. The van der Waals surface area contributed by atoms with Gasteiger partial charge in [0.05, 0.1) is 25.4 Å². The van der Waals surface area contributed by atoms with Crippen molar-refractivity contribution in [3.8, 4) is 22.6 Å². The van der Waals surface area contributed by atoms with Crippen LogP contribution in [0.3, 0.4) is 0 Å². The predicted octanol–water partition coefficient (Wildman–Crippen LogP) is 7.04. The SMILES string of the molecule is C=C(C)C(=O)Oc1ccc(-c2ccc(/C=C/c3ccc(OCCCCCCOC(=O)C(=C)CO)cc3)cc2)cc1. The molecule has 0 radical (unpaired) electrons. The van der Waals surface area contributed by atoms with Crippen LogP contribution in [0.25, 0.3) is 23.3 Å². The van der Waals surface area contributed by atoms with Crippen molar-refractivity contribution in [1.29, 1.82) is 0 Å². The van der Waals surface area contributed by atoms with Gasteiger partial charge in [-0.05, 0) is 79.1 Å². The highest BCUT2D eigenvalue weighted by Gasteiger charge is 2.07. The lowest BCUT2D eigenvalue weighted by Gasteiger charge is -2.07. The number of aliphatic hydroxyl groups is 1. The normalized spacial score (nSPS) is 10.8. The summed E-state index contributed by atoms with van der Waals surface area (Å²) in [6.45, 7) is 9.24. The van der Waals surface area contributed by atoms with Crippen molar-refractivity contribution in [2.75, 3.05) is 19.8 Å². The van der Waals surface area contributed by atoms with Gasteiger partial charge in [-0.2, -0.15) is 0 Å². The molecule has 3 aromatic carbocycles. The molecule has 0 aliphatic heterocycles. The largest absolute Gasteiger partial charge is 0.494 e. The van der Waals surface area contributed by atoms with Crippen LogP contribution in [0.2, 0.25) is 0 Å². The molecule has 6 heteroatoms. The summed E-state index contributed by atoms with van der Waals surface area (Å²) in [4.78, 5) is 23.1. The van der Waals surface area contributed by atoms with E-state index in [1.807, 2.05) is 36.4 Å². The standard InChI is InChI=1S/C34H36O6/c1-25(2)33(36)40-32-20-16-30(17-21-32)29-14-10-27(11-15-29)8-9-28-12-18-31(19-13-28)38-22-6-4-5-7-23-39-34(37)26(3)24-35/h8-21,35H,1,3-7,22-24H2,2H3/b9-8+. The zero-order valence-electron chi connectivity index (χ0n) is 22.9. The lowest BCUT2D eigenvalue weighted by Crippen LogP contribution is -2.10. The number of hydrogen-bond acceptors (Lipinski definition) is 6. The van der Waals surface area contributed by atoms with Crippen LogP contribution < -0.4 is 9.47 Å². The zero-order valence-corrected chi connectivity index (χ0v) is 22.9. The first-order valence-corrected chi connectivity index (χ1v) is 13.3. The number of benzene rings is 3. The van der Waals surface area contributed by atoms with Crippen molar-refractivity contribution >= 4 is 24.1 Å². The molecule has 0 heterocycles. The second kappa shape index (κ2) is 15.9. The van der Waals surface area contributed by atoms with Crippen molar-refractivity contribution in [3.05, 3.63) is 108 Å². The molecular weight excluding hydrogens is 504 g/mol. The molecule has 0 aliphatic rings. The second-order valence-electron chi connectivity index (χ2n) is 9.38. The molecule has 0 saturated heterocycles. The highest BCUT2D eigenvalue weighted by Crippen LogP contribution is 2.24. The van der Waals surface area contributed by atoms with Crippen molar-refractivity contribution < 1.29 is 28.9 Å². The number of esters is 2. The van der Waals surface area contributed by atoms with Crippen molar-refractivity contribution in [1.82, 2.24) is 0 Å². The molecule has 3 rings (SSSR count). The number of rotatable bonds is 15. The first kappa shape index (κ1) is 30.1. The molecular formula is C34H36O6. The van der Waals surface area contributed by atoms with Gasteiger partial charge >= 0.3 is 11.9 Å². The van der Waals surface area contributed by atoms with Crippen LogP contribution >= 0.6 is 0 Å². The first-order valence-electron chi connectivity index (χ1n) is 13.3. The molecule has 0 aliphatic carbocycles. The maximum Gasteiger partial charge on any atom is 0.338 e. The van der Waals surface area contributed by atoms with E-state index in [-0.39, 0.29) is 12.2 Å². The van der Waals surface area contributed by atoms with E-state index in [9.17, 15) is 9.59 Å². The molecule has 0 unspecified atom stereocenters. The quantitative estimate of drug-likeness (QED) is 0.0732. The molecule has 0 aromatic heterocycles. The zero-order chi connectivity index (χ0) is 28.7. The Morgan fingerprint density at radius 3 is 1.75 bits per heavy atom. The Morgan fingerprint density at radius 1 is 0.700 bits per heavy atom. The summed E-state index contributed by atoms with van der Waals surface area (Å²) < 4.78 is 16.1. The van der Waals surface area contributed by atoms with E-state index < -0.39 is 11.9 Å². The number of aliphatic hydroxyl groups excluding tert-OH is 1. The summed E-state index contributed by atoms with van der Waals surface area (Å²) in [5, 5.41) is 8.83. The molecule has 0 amide bonds. The number of carbonyl (C=O) groups excluding carboxylic acids is 2. The van der Waals surface area contributed by atoms with Crippen LogP contribution in [0, 0.1) is 0 Å². The Morgan fingerprint density at radius 2 is 1.20 bits per heavy atom. The Kier molecular flexibility index (Phi) is 11.9. The Labute approximate surface area is 236 Å². The molecule has 0 spiro atoms. The smallest absolute Gasteiger partial charge is 0.338 e. The molecule has 0 fully saturated rings. The van der Waals surface area contributed by atoms with Gasteiger partial charge in [0.1, 0.15) is 11.5 Å². The van der Waals surface area contributed by atoms with E-state index in [4.69, 9.17) is 19.3 Å². The van der Waals surface area contributed by atoms with E-state index in [0.717, 1.165) is 53.7 Å². The summed E-state index contributed by atoms with van der Waals surface area (Å²) in [5.74, 6) is 0.358. The maximum atomic E-state index is 11.7. The molecule has 6 nitrogen and oxygen atoms in total. The van der Waals surface area contributed by atoms with E-state index in [2.05, 4.69) is 49.6 Å². The van der Waals surface area contributed by atoms with Gasteiger partial charge < -0.3 is 19.3 Å². The number of hydrogen-bond donors (Lipinski definition) is 1. The minimum absolute atomic E-state index is 0.0784. The topological polar surface area (TPSA) is 82.1 Å². The molecule has 3 aromatic rings. The minimum atomic E-state index is -0.536. The minimum Gasteiger partial charge on any atom is -0.494 e. The third-order valence-electron chi connectivity index (χ3n) is 6.03. The van der Waals surface area contributed by atoms with Crippen LogP contribution in [0.1, 0.15) is 43.7 Å². The van der Waals surface area contributed by atoms with Gasteiger partial charge in [0.25, 0.3) is 0 Å².